The van der Waals surface area contributed by atoms with Crippen molar-refractivity contribution in [1.29, 1.82) is 0 Å². The molecule has 0 saturated carbocycles. The van der Waals surface area contributed by atoms with Gasteiger partial charge in [-0.3, -0.25) is 0 Å². The maximum absolute atomic E-state index is 5.74. The number of nitrogens with zero attached hydrogens (tertiary/aromatic N) is 2. The summed E-state index contributed by atoms with van der Waals surface area (Å²) in [6.45, 7) is 12.2. The number of anilines is 1. The lowest BCUT2D eigenvalue weighted by Gasteiger charge is -2.14. The van der Waals surface area contributed by atoms with E-state index < -0.39 is 0 Å². The van der Waals surface area contributed by atoms with Crippen molar-refractivity contribution in [1.82, 2.24) is 9.97 Å². The minimum absolute atomic E-state index is 0.266. The highest BCUT2D eigenvalue weighted by Gasteiger charge is 2.13. The average Bonchev–Trinajstić information content (AvgIpc) is 2.39. The molecular formula is C15H27N3O2. The summed E-state index contributed by atoms with van der Waals surface area (Å²) in [5.74, 6) is 3.06. The maximum atomic E-state index is 5.74. The molecule has 0 fully saturated rings. The molecule has 0 amide bonds. The zero-order chi connectivity index (χ0) is 15.1. The fourth-order valence-corrected chi connectivity index (χ4v) is 1.67. The van der Waals surface area contributed by atoms with Gasteiger partial charge in [0.1, 0.15) is 18.2 Å². The third kappa shape index (κ3) is 4.96. The molecule has 1 aromatic rings. The van der Waals surface area contributed by atoms with Gasteiger partial charge >= 0.3 is 0 Å². The van der Waals surface area contributed by atoms with Crippen molar-refractivity contribution in [2.75, 3.05) is 32.2 Å². The molecule has 0 saturated heterocycles. The van der Waals surface area contributed by atoms with Gasteiger partial charge in [0.25, 0.3) is 0 Å². The van der Waals surface area contributed by atoms with Gasteiger partial charge in [0.05, 0.1) is 12.2 Å². The van der Waals surface area contributed by atoms with Gasteiger partial charge in [-0.1, -0.05) is 27.7 Å². The third-order valence-electron chi connectivity index (χ3n) is 2.79. The van der Waals surface area contributed by atoms with Crippen molar-refractivity contribution < 1.29 is 9.47 Å². The van der Waals surface area contributed by atoms with Gasteiger partial charge in [0, 0.05) is 19.6 Å². The zero-order valence-electron chi connectivity index (χ0n) is 13.5. The monoisotopic (exact) mass is 281 g/mol. The van der Waals surface area contributed by atoms with Crippen molar-refractivity contribution in [3.63, 3.8) is 0 Å². The molecule has 0 bridgehead atoms. The van der Waals surface area contributed by atoms with E-state index in [0.717, 1.165) is 23.8 Å². The first-order chi connectivity index (χ1) is 9.45. The smallest absolute Gasteiger partial charge is 0.221 e. The average molecular weight is 281 g/mol. The summed E-state index contributed by atoms with van der Waals surface area (Å²) >= 11 is 0. The Hall–Kier alpha value is -1.36. The van der Waals surface area contributed by atoms with Crippen LogP contribution in [-0.2, 0) is 4.74 Å². The summed E-state index contributed by atoms with van der Waals surface area (Å²) in [7, 11) is 1.86. The lowest BCUT2D eigenvalue weighted by atomic mass is 10.2. The summed E-state index contributed by atoms with van der Waals surface area (Å²) in [5, 5.41) is 3.09. The molecule has 0 spiro atoms. The van der Waals surface area contributed by atoms with E-state index in [1.54, 1.807) is 0 Å². The van der Waals surface area contributed by atoms with E-state index in [4.69, 9.17) is 9.47 Å². The van der Waals surface area contributed by atoms with Crippen LogP contribution in [0.3, 0.4) is 0 Å². The predicted molar refractivity (Wildman–Crippen MR) is 81.6 cm³/mol. The van der Waals surface area contributed by atoms with E-state index in [0.29, 0.717) is 25.0 Å². The second-order valence-electron chi connectivity index (χ2n) is 5.58. The molecule has 0 unspecified atom stereocenters. The van der Waals surface area contributed by atoms with Crippen LogP contribution < -0.4 is 10.1 Å². The minimum Gasteiger partial charge on any atom is -0.475 e. The quantitative estimate of drug-likeness (QED) is 0.742. The SMILES string of the molecule is CNc1nc(C(C)C)nc(OCCOCC(C)C)c1C. The van der Waals surface area contributed by atoms with E-state index in [2.05, 4.69) is 43.0 Å². The second kappa shape index (κ2) is 8.04. The molecule has 1 heterocycles. The molecule has 0 aliphatic carbocycles. The van der Waals surface area contributed by atoms with Gasteiger partial charge in [-0.2, -0.15) is 4.98 Å². The zero-order valence-corrected chi connectivity index (χ0v) is 13.5. The topological polar surface area (TPSA) is 56.3 Å². The minimum atomic E-state index is 0.266. The molecule has 1 rings (SSSR count). The highest BCUT2D eigenvalue weighted by molar-refractivity contribution is 5.48. The van der Waals surface area contributed by atoms with Crippen molar-refractivity contribution in [2.24, 2.45) is 5.92 Å². The van der Waals surface area contributed by atoms with Gasteiger partial charge < -0.3 is 14.8 Å². The van der Waals surface area contributed by atoms with Crippen LogP contribution in [-0.4, -0.2) is 36.8 Å². The Bertz CT molecular complexity index is 420. The van der Waals surface area contributed by atoms with E-state index in [1.807, 2.05) is 14.0 Å². The van der Waals surface area contributed by atoms with E-state index in [-0.39, 0.29) is 5.92 Å². The van der Waals surface area contributed by atoms with Gasteiger partial charge in [-0.05, 0) is 12.8 Å². The molecule has 0 radical (unpaired) electrons. The van der Waals surface area contributed by atoms with Crippen molar-refractivity contribution in [3.8, 4) is 5.88 Å². The Morgan fingerprint density at radius 3 is 2.35 bits per heavy atom. The van der Waals surface area contributed by atoms with Crippen molar-refractivity contribution in [2.45, 2.75) is 40.5 Å². The lowest BCUT2D eigenvalue weighted by molar-refractivity contribution is 0.0803. The van der Waals surface area contributed by atoms with Gasteiger partial charge in [-0.25, -0.2) is 4.98 Å². The Balaban J connectivity index is 2.66. The van der Waals surface area contributed by atoms with Crippen LogP contribution in [0.1, 0.15) is 45.0 Å². The number of aromatic nitrogens is 2. The van der Waals surface area contributed by atoms with Crippen LogP contribution in [0.25, 0.3) is 0 Å². The number of ether oxygens (including phenoxy) is 2. The van der Waals surface area contributed by atoms with Crippen molar-refractivity contribution >= 4 is 5.82 Å². The molecular weight excluding hydrogens is 254 g/mol. The highest BCUT2D eigenvalue weighted by atomic mass is 16.5. The summed E-state index contributed by atoms with van der Waals surface area (Å²) < 4.78 is 11.2. The van der Waals surface area contributed by atoms with Gasteiger partial charge in [0.15, 0.2) is 0 Å². The van der Waals surface area contributed by atoms with Gasteiger partial charge in [0.2, 0.25) is 5.88 Å². The van der Waals surface area contributed by atoms with Crippen LogP contribution in [0.4, 0.5) is 5.82 Å². The molecule has 0 aromatic carbocycles. The van der Waals surface area contributed by atoms with Crippen LogP contribution in [0.2, 0.25) is 0 Å². The summed E-state index contributed by atoms with van der Waals surface area (Å²) in [6.07, 6.45) is 0. The number of hydrogen-bond donors (Lipinski definition) is 1. The van der Waals surface area contributed by atoms with Crippen LogP contribution in [0.15, 0.2) is 0 Å². The van der Waals surface area contributed by atoms with Crippen LogP contribution in [0.5, 0.6) is 5.88 Å². The van der Waals surface area contributed by atoms with Crippen LogP contribution in [0, 0.1) is 12.8 Å². The Labute approximate surface area is 122 Å². The molecule has 20 heavy (non-hydrogen) atoms. The Morgan fingerprint density at radius 1 is 1.10 bits per heavy atom. The molecule has 1 N–H and O–H groups in total. The first-order valence-electron chi connectivity index (χ1n) is 7.22. The third-order valence-corrected chi connectivity index (χ3v) is 2.79. The molecule has 0 aliphatic heterocycles. The number of rotatable bonds is 8. The number of nitrogens with one attached hydrogen (secondary N) is 1. The Kier molecular flexibility index (Phi) is 6.71. The predicted octanol–water partition coefficient (Wildman–Crippen LogP) is 3.00. The first kappa shape index (κ1) is 16.7. The summed E-state index contributed by atoms with van der Waals surface area (Å²) in [6, 6.07) is 0. The largest absolute Gasteiger partial charge is 0.475 e. The molecule has 0 atom stereocenters. The Morgan fingerprint density at radius 2 is 1.80 bits per heavy atom. The lowest BCUT2D eigenvalue weighted by Crippen LogP contribution is -2.13. The molecule has 0 aliphatic rings. The highest BCUT2D eigenvalue weighted by Crippen LogP contribution is 2.24. The molecule has 5 heteroatoms. The van der Waals surface area contributed by atoms with E-state index >= 15 is 0 Å². The van der Waals surface area contributed by atoms with E-state index in [1.165, 1.54) is 0 Å². The maximum Gasteiger partial charge on any atom is 0.221 e. The van der Waals surface area contributed by atoms with Crippen molar-refractivity contribution in [3.05, 3.63) is 11.4 Å². The molecule has 1 aromatic heterocycles. The summed E-state index contributed by atoms with van der Waals surface area (Å²) in [5.41, 5.74) is 0.931. The summed E-state index contributed by atoms with van der Waals surface area (Å²) in [4.78, 5) is 8.97. The molecule has 5 nitrogen and oxygen atoms in total. The normalized spacial score (nSPS) is 11.2. The fourth-order valence-electron chi connectivity index (χ4n) is 1.67. The second-order valence-corrected chi connectivity index (χ2v) is 5.58. The van der Waals surface area contributed by atoms with Crippen LogP contribution >= 0.6 is 0 Å². The first-order valence-corrected chi connectivity index (χ1v) is 7.22. The standard InChI is InChI=1S/C15H27N3O2/c1-10(2)9-19-7-8-20-15-12(5)14(16-6)17-13(18-15)11(3)4/h10-11H,7-9H2,1-6H3,(H,16,17,18). The molecule has 114 valence electrons. The van der Waals surface area contributed by atoms with E-state index in [9.17, 15) is 0 Å². The fraction of sp³-hybridized carbons (Fsp3) is 0.733. The van der Waals surface area contributed by atoms with Gasteiger partial charge in [-0.15, -0.1) is 0 Å². The number of hydrogen-bond acceptors (Lipinski definition) is 5.